The molecule has 2 rings (SSSR count). The maximum atomic E-state index is 12.6. The molecule has 2 fully saturated rings. The van der Waals surface area contributed by atoms with Crippen molar-refractivity contribution in [3.05, 3.63) is 12.2 Å². The number of carbonyl (C=O) groups excluding carboxylic acids is 2. The first kappa shape index (κ1) is 14.8. The molecule has 0 aromatic heterocycles. The smallest absolute Gasteiger partial charge is 0.327 e. The van der Waals surface area contributed by atoms with E-state index in [9.17, 15) is 14.4 Å². The van der Waals surface area contributed by atoms with Gasteiger partial charge in [0.25, 0.3) is 0 Å². The Hall–Kier alpha value is -1.65. The van der Waals surface area contributed by atoms with Crippen LogP contribution in [-0.4, -0.2) is 28.9 Å². The highest BCUT2D eigenvalue weighted by Crippen LogP contribution is 2.52. The van der Waals surface area contributed by atoms with E-state index in [0.717, 1.165) is 12.5 Å². The summed E-state index contributed by atoms with van der Waals surface area (Å²) in [5.74, 6) is -1.90. The molecule has 2 aliphatic rings. The van der Waals surface area contributed by atoms with E-state index in [4.69, 9.17) is 9.84 Å². The van der Waals surface area contributed by atoms with E-state index in [2.05, 4.69) is 0 Å². The van der Waals surface area contributed by atoms with Crippen LogP contribution in [0.2, 0.25) is 0 Å². The summed E-state index contributed by atoms with van der Waals surface area (Å²) in [6.07, 6.45) is 3.50. The van der Waals surface area contributed by atoms with Gasteiger partial charge in [-0.2, -0.15) is 0 Å². The zero-order valence-corrected chi connectivity index (χ0v) is 12.0. The van der Waals surface area contributed by atoms with Crippen molar-refractivity contribution in [2.24, 2.45) is 23.2 Å². The molecule has 0 amide bonds. The van der Waals surface area contributed by atoms with Crippen LogP contribution >= 0.6 is 0 Å². The van der Waals surface area contributed by atoms with Crippen LogP contribution in [0.1, 0.15) is 33.6 Å². The molecule has 0 bridgehead atoms. The lowest BCUT2D eigenvalue weighted by molar-refractivity contribution is -0.151. The Morgan fingerprint density at radius 3 is 2.75 bits per heavy atom. The highest BCUT2D eigenvalue weighted by Gasteiger charge is 2.58. The summed E-state index contributed by atoms with van der Waals surface area (Å²) < 4.78 is 5.41. The van der Waals surface area contributed by atoms with Gasteiger partial charge in [0.2, 0.25) is 0 Å². The molecule has 20 heavy (non-hydrogen) atoms. The lowest BCUT2D eigenvalue weighted by atomic mass is 9.75. The zero-order chi connectivity index (χ0) is 15.1. The third kappa shape index (κ3) is 2.25. The first-order chi connectivity index (χ1) is 9.27. The number of hydrogen-bond donors (Lipinski definition) is 1. The fourth-order valence-corrected chi connectivity index (χ4v) is 3.47. The summed E-state index contributed by atoms with van der Waals surface area (Å²) in [6.45, 7) is 5.36. The molecule has 1 N–H and O–H groups in total. The number of aliphatic carboxylic acids is 1. The molecular weight excluding hydrogens is 260 g/mol. The fraction of sp³-hybridized carbons (Fsp3) is 0.667. The van der Waals surface area contributed by atoms with E-state index < -0.39 is 17.3 Å². The van der Waals surface area contributed by atoms with Crippen molar-refractivity contribution in [1.82, 2.24) is 0 Å². The molecule has 110 valence electrons. The van der Waals surface area contributed by atoms with Crippen LogP contribution in [0.5, 0.6) is 0 Å². The van der Waals surface area contributed by atoms with E-state index >= 15 is 0 Å². The number of esters is 1. The standard InChI is InChI=1S/C15H20O5/c1-8(4-5-11(16)17)12(18)15(3)7-6-10-9(2)14(19)20-13(10)15/h4-5,8-10,13H,6-7H2,1-3H3,(H,16,17)/b5-4+/t8-,9-,10-,13-,15-/m0/s1. The third-order valence-corrected chi connectivity index (χ3v) is 4.77. The Bertz CT molecular complexity index is 481. The summed E-state index contributed by atoms with van der Waals surface area (Å²) in [7, 11) is 0. The van der Waals surface area contributed by atoms with Crippen LogP contribution in [0.25, 0.3) is 0 Å². The number of carboxylic acid groups (broad SMARTS) is 1. The maximum absolute atomic E-state index is 12.6. The summed E-state index contributed by atoms with van der Waals surface area (Å²) in [6, 6.07) is 0. The van der Waals surface area contributed by atoms with Gasteiger partial charge >= 0.3 is 11.9 Å². The number of fused-ring (bicyclic) bond motifs is 1. The predicted octanol–water partition coefficient (Wildman–Crippen LogP) is 1.81. The van der Waals surface area contributed by atoms with Crippen molar-refractivity contribution < 1.29 is 24.2 Å². The van der Waals surface area contributed by atoms with Crippen LogP contribution < -0.4 is 0 Å². The van der Waals surface area contributed by atoms with Gasteiger partial charge in [-0.05, 0) is 19.8 Å². The highest BCUT2D eigenvalue weighted by atomic mass is 16.6. The number of carboxylic acids is 1. The van der Waals surface area contributed by atoms with Crippen LogP contribution in [0.4, 0.5) is 0 Å². The lowest BCUT2D eigenvalue weighted by Gasteiger charge is -2.30. The van der Waals surface area contributed by atoms with Gasteiger partial charge in [0, 0.05) is 17.9 Å². The molecule has 0 aromatic carbocycles. The number of Topliss-reactive ketones (excluding diaryl/α,β-unsaturated/α-hetero) is 1. The largest absolute Gasteiger partial charge is 0.478 e. The Balaban J connectivity index is 2.17. The topological polar surface area (TPSA) is 80.7 Å². The third-order valence-electron chi connectivity index (χ3n) is 4.77. The zero-order valence-electron chi connectivity index (χ0n) is 12.0. The van der Waals surface area contributed by atoms with Crippen LogP contribution in [0.3, 0.4) is 0 Å². The van der Waals surface area contributed by atoms with E-state index in [1.807, 2.05) is 13.8 Å². The average molecular weight is 280 g/mol. The van der Waals surface area contributed by atoms with Gasteiger partial charge in [-0.15, -0.1) is 0 Å². The lowest BCUT2D eigenvalue weighted by Crippen LogP contribution is -2.40. The van der Waals surface area contributed by atoms with Gasteiger partial charge in [0.1, 0.15) is 11.9 Å². The quantitative estimate of drug-likeness (QED) is 0.627. The number of ketones is 1. The van der Waals surface area contributed by atoms with E-state index in [1.54, 1.807) is 6.92 Å². The van der Waals surface area contributed by atoms with Gasteiger partial charge in [-0.1, -0.05) is 19.9 Å². The molecule has 5 nitrogen and oxygen atoms in total. The molecule has 1 heterocycles. The number of hydrogen-bond acceptors (Lipinski definition) is 4. The van der Waals surface area contributed by atoms with E-state index in [0.29, 0.717) is 6.42 Å². The second kappa shape index (κ2) is 5.04. The number of carbonyl (C=O) groups is 3. The summed E-state index contributed by atoms with van der Waals surface area (Å²) in [4.78, 5) is 34.8. The molecule has 0 radical (unpaired) electrons. The highest BCUT2D eigenvalue weighted by molar-refractivity contribution is 5.91. The van der Waals surface area contributed by atoms with Gasteiger partial charge in [0.05, 0.1) is 11.3 Å². The van der Waals surface area contributed by atoms with Crippen molar-refractivity contribution in [2.45, 2.75) is 39.7 Å². The van der Waals surface area contributed by atoms with Gasteiger partial charge in [-0.3, -0.25) is 9.59 Å². The molecule has 1 saturated heterocycles. The van der Waals surface area contributed by atoms with Gasteiger partial charge in [0.15, 0.2) is 0 Å². The molecular formula is C15H20O5. The maximum Gasteiger partial charge on any atom is 0.327 e. The minimum Gasteiger partial charge on any atom is -0.478 e. The summed E-state index contributed by atoms with van der Waals surface area (Å²) in [5, 5.41) is 8.63. The Labute approximate surface area is 118 Å². The first-order valence-electron chi connectivity index (χ1n) is 6.93. The second-order valence-electron chi connectivity index (χ2n) is 6.12. The van der Waals surface area contributed by atoms with Crippen molar-refractivity contribution in [1.29, 1.82) is 0 Å². The van der Waals surface area contributed by atoms with E-state index in [-0.39, 0.29) is 29.7 Å². The normalized spacial score (nSPS) is 37.8. The molecule has 0 aromatic rings. The van der Waals surface area contributed by atoms with Crippen molar-refractivity contribution in [2.75, 3.05) is 0 Å². The number of ether oxygens (including phenoxy) is 1. The Morgan fingerprint density at radius 1 is 1.50 bits per heavy atom. The summed E-state index contributed by atoms with van der Waals surface area (Å²) in [5.41, 5.74) is -0.701. The molecule has 1 aliphatic carbocycles. The van der Waals surface area contributed by atoms with Crippen molar-refractivity contribution >= 4 is 17.7 Å². The second-order valence-corrected chi connectivity index (χ2v) is 6.12. The average Bonchev–Trinajstić information content (AvgIpc) is 2.86. The molecule has 5 atom stereocenters. The van der Waals surface area contributed by atoms with Crippen LogP contribution in [0.15, 0.2) is 12.2 Å². The Morgan fingerprint density at radius 2 is 2.15 bits per heavy atom. The molecule has 5 heteroatoms. The van der Waals surface area contributed by atoms with E-state index in [1.165, 1.54) is 6.08 Å². The first-order valence-corrected chi connectivity index (χ1v) is 6.93. The molecule has 1 saturated carbocycles. The fourth-order valence-electron chi connectivity index (χ4n) is 3.47. The minimum atomic E-state index is -1.07. The molecule has 0 spiro atoms. The predicted molar refractivity (Wildman–Crippen MR) is 70.8 cm³/mol. The monoisotopic (exact) mass is 280 g/mol. The molecule has 0 unspecified atom stereocenters. The van der Waals surface area contributed by atoms with Crippen LogP contribution in [-0.2, 0) is 19.1 Å². The van der Waals surface area contributed by atoms with Crippen LogP contribution in [0, 0.1) is 23.2 Å². The Kier molecular flexibility index (Phi) is 3.71. The number of rotatable bonds is 4. The summed E-state index contributed by atoms with van der Waals surface area (Å²) >= 11 is 0. The van der Waals surface area contributed by atoms with Crippen molar-refractivity contribution in [3.63, 3.8) is 0 Å². The van der Waals surface area contributed by atoms with Crippen molar-refractivity contribution in [3.8, 4) is 0 Å². The van der Waals surface area contributed by atoms with Gasteiger partial charge in [-0.25, -0.2) is 4.79 Å². The SMILES string of the molecule is C[C@@H]1C(=O)O[C@H]2[C@H]1CC[C@@]2(C)C(=O)[C@@H](C)/C=C/C(=O)O. The minimum absolute atomic E-state index is 0.0515. The molecule has 1 aliphatic heterocycles. The number of allylic oxidation sites excluding steroid dienone is 1. The van der Waals surface area contributed by atoms with Gasteiger partial charge < -0.3 is 9.84 Å².